The summed E-state index contributed by atoms with van der Waals surface area (Å²) in [7, 11) is 1.66. The Bertz CT molecular complexity index is 775. The molecule has 0 aromatic heterocycles. The van der Waals surface area contributed by atoms with Crippen LogP contribution >= 0.6 is 11.8 Å². The molecule has 2 N–H and O–H groups in total. The molecule has 28 heavy (non-hydrogen) atoms. The van der Waals surface area contributed by atoms with E-state index in [-0.39, 0.29) is 16.6 Å². The highest BCUT2D eigenvalue weighted by atomic mass is 32.2. The van der Waals surface area contributed by atoms with Crippen LogP contribution in [0.15, 0.2) is 36.4 Å². The van der Waals surface area contributed by atoms with Crippen LogP contribution in [0.5, 0.6) is 11.5 Å². The lowest BCUT2D eigenvalue weighted by atomic mass is 9.94. The van der Waals surface area contributed by atoms with Gasteiger partial charge in [0.25, 0.3) is 0 Å². The average Bonchev–Trinajstić information content (AvgIpc) is 2.68. The van der Waals surface area contributed by atoms with Crippen LogP contribution in [0, 0.1) is 6.92 Å². The molecule has 1 aliphatic rings. The Morgan fingerprint density at radius 2 is 1.89 bits per heavy atom. The Balaban J connectivity index is 1.80. The van der Waals surface area contributed by atoms with Gasteiger partial charge in [-0.3, -0.25) is 0 Å². The number of phenols is 1. The Morgan fingerprint density at radius 1 is 1.14 bits per heavy atom. The maximum atomic E-state index is 10.6. The van der Waals surface area contributed by atoms with Crippen LogP contribution in [0.3, 0.4) is 0 Å². The first-order valence-corrected chi connectivity index (χ1v) is 10.8. The fraction of sp³-hybridized carbons (Fsp3) is 0.478. The van der Waals surface area contributed by atoms with Crippen molar-refractivity contribution in [3.63, 3.8) is 0 Å². The highest BCUT2D eigenvalue weighted by Crippen LogP contribution is 2.46. The van der Waals surface area contributed by atoms with Crippen LogP contribution in [0.1, 0.15) is 47.3 Å². The number of aliphatic hydroxyl groups excluding tert-OH is 1. The van der Waals surface area contributed by atoms with Gasteiger partial charge < -0.3 is 19.7 Å². The van der Waals surface area contributed by atoms with Crippen molar-refractivity contribution in [1.29, 1.82) is 0 Å². The topological polar surface area (TPSA) is 58.9 Å². The average molecular weight is 403 g/mol. The number of methoxy groups -OCH3 is 1. The molecule has 3 rings (SSSR count). The minimum atomic E-state index is -0.350. The zero-order valence-corrected chi connectivity index (χ0v) is 17.7. The summed E-state index contributed by atoms with van der Waals surface area (Å²) in [6.45, 7) is 5.21. The van der Waals surface area contributed by atoms with Crippen molar-refractivity contribution < 1.29 is 19.7 Å². The van der Waals surface area contributed by atoms with E-state index in [2.05, 4.69) is 18.2 Å². The molecule has 2 aromatic rings. The van der Waals surface area contributed by atoms with Crippen LogP contribution in [0.25, 0.3) is 0 Å². The lowest BCUT2D eigenvalue weighted by Crippen LogP contribution is -2.32. The molecule has 0 aliphatic carbocycles. The summed E-state index contributed by atoms with van der Waals surface area (Å²) >= 11 is 1.71. The van der Waals surface area contributed by atoms with E-state index in [1.807, 2.05) is 32.0 Å². The Morgan fingerprint density at radius 3 is 2.57 bits per heavy atom. The van der Waals surface area contributed by atoms with E-state index in [0.29, 0.717) is 19.0 Å². The molecule has 1 fully saturated rings. The number of aryl methyl sites for hydroxylation is 1. The van der Waals surface area contributed by atoms with E-state index < -0.39 is 0 Å². The molecule has 1 aliphatic heterocycles. The van der Waals surface area contributed by atoms with Gasteiger partial charge in [0, 0.05) is 17.9 Å². The lowest BCUT2D eigenvalue weighted by molar-refractivity contribution is 0.105. The number of ether oxygens (including phenoxy) is 2. The van der Waals surface area contributed by atoms with Gasteiger partial charge in [-0.05, 0) is 68.0 Å². The molecule has 1 saturated heterocycles. The minimum absolute atomic E-state index is 0.0408. The molecular formula is C23H30O4S. The number of phenolic OH excluding ortho intramolecular Hbond substituents is 1. The highest BCUT2D eigenvalue weighted by molar-refractivity contribution is 8.00. The van der Waals surface area contributed by atoms with Crippen molar-refractivity contribution in [2.24, 2.45) is 0 Å². The van der Waals surface area contributed by atoms with Gasteiger partial charge in [0.1, 0.15) is 11.5 Å². The molecule has 0 amide bonds. The predicted octanol–water partition coefficient (Wildman–Crippen LogP) is 4.63. The first kappa shape index (κ1) is 21.0. The maximum absolute atomic E-state index is 10.6. The molecule has 5 heteroatoms. The largest absolute Gasteiger partial charge is 0.508 e. The third kappa shape index (κ3) is 5.02. The lowest BCUT2D eigenvalue weighted by Gasteiger charge is -2.33. The number of hydrogen-bond donors (Lipinski definition) is 2. The van der Waals surface area contributed by atoms with Crippen LogP contribution < -0.4 is 4.74 Å². The quantitative estimate of drug-likeness (QED) is 0.707. The molecule has 4 nitrogen and oxygen atoms in total. The van der Waals surface area contributed by atoms with Crippen LogP contribution in [-0.4, -0.2) is 41.9 Å². The number of benzene rings is 2. The van der Waals surface area contributed by atoms with Gasteiger partial charge in [-0.15, -0.1) is 11.8 Å². The summed E-state index contributed by atoms with van der Waals surface area (Å²) in [5, 5.41) is 21.0. The highest BCUT2D eigenvalue weighted by Gasteiger charge is 2.32. The molecule has 1 heterocycles. The number of aliphatic hydroxyl groups is 1. The second kappa shape index (κ2) is 9.68. The molecule has 0 saturated carbocycles. The van der Waals surface area contributed by atoms with Gasteiger partial charge in [-0.2, -0.15) is 0 Å². The van der Waals surface area contributed by atoms with Crippen molar-refractivity contribution in [3.05, 3.63) is 58.7 Å². The third-order valence-corrected chi connectivity index (χ3v) is 6.90. The van der Waals surface area contributed by atoms with Crippen molar-refractivity contribution in [2.45, 2.75) is 49.7 Å². The first-order chi connectivity index (χ1) is 13.5. The minimum Gasteiger partial charge on any atom is -0.508 e. The third-order valence-electron chi connectivity index (χ3n) is 5.28. The predicted molar refractivity (Wildman–Crippen MR) is 114 cm³/mol. The van der Waals surface area contributed by atoms with Gasteiger partial charge in [0.2, 0.25) is 0 Å². The van der Waals surface area contributed by atoms with Gasteiger partial charge in [0.05, 0.1) is 24.6 Å². The second-order valence-corrected chi connectivity index (χ2v) is 8.80. The van der Waals surface area contributed by atoms with Crippen molar-refractivity contribution in [3.8, 4) is 11.5 Å². The fourth-order valence-corrected chi connectivity index (χ4v) is 5.28. The number of hydrogen-bond acceptors (Lipinski definition) is 5. The molecular weight excluding hydrogens is 372 g/mol. The summed E-state index contributed by atoms with van der Waals surface area (Å²) in [6.07, 6.45) is 2.04. The normalized spacial score (nSPS) is 22.2. The number of aromatic hydroxyl groups is 1. The summed E-state index contributed by atoms with van der Waals surface area (Å²) < 4.78 is 10.8. The van der Waals surface area contributed by atoms with E-state index in [0.717, 1.165) is 36.1 Å². The van der Waals surface area contributed by atoms with Gasteiger partial charge >= 0.3 is 0 Å². The molecule has 0 spiro atoms. The summed E-state index contributed by atoms with van der Waals surface area (Å²) in [5.41, 5.74) is 4.48. The number of thioether (sulfide) groups is 1. The van der Waals surface area contributed by atoms with Gasteiger partial charge in [-0.1, -0.05) is 18.2 Å². The van der Waals surface area contributed by atoms with Crippen LogP contribution in [-0.2, 0) is 11.2 Å². The zero-order valence-electron chi connectivity index (χ0n) is 16.9. The van der Waals surface area contributed by atoms with E-state index in [1.165, 1.54) is 11.1 Å². The van der Waals surface area contributed by atoms with Crippen molar-refractivity contribution >= 4 is 11.8 Å². The monoisotopic (exact) mass is 402 g/mol. The van der Waals surface area contributed by atoms with Crippen LogP contribution in [0.4, 0.5) is 0 Å². The number of rotatable bonds is 7. The summed E-state index contributed by atoms with van der Waals surface area (Å²) in [5.74, 6) is 1.23. The summed E-state index contributed by atoms with van der Waals surface area (Å²) in [6, 6.07) is 12.2. The molecule has 3 atom stereocenters. The van der Waals surface area contributed by atoms with E-state index >= 15 is 0 Å². The van der Waals surface area contributed by atoms with E-state index in [1.54, 1.807) is 18.9 Å². The Kier molecular flexibility index (Phi) is 7.27. The smallest absolute Gasteiger partial charge is 0.120 e. The Hall–Kier alpha value is -1.69. The van der Waals surface area contributed by atoms with E-state index in [4.69, 9.17) is 9.47 Å². The molecule has 0 bridgehead atoms. The first-order valence-electron chi connectivity index (χ1n) is 9.88. The Labute approximate surface area is 171 Å². The zero-order chi connectivity index (χ0) is 20.1. The standard InChI is InChI=1S/C23H30O4S/c1-4-27-18-7-5-16(6-8-18)12-17-13-19(21(25)11-15(17)2)22-10-9-20(24)23(28-22)14-26-3/h5-8,11,13,20,22-25H,4,9-10,12,14H2,1-3H3. The van der Waals surface area contributed by atoms with E-state index in [9.17, 15) is 10.2 Å². The maximum Gasteiger partial charge on any atom is 0.120 e. The molecule has 3 unspecified atom stereocenters. The van der Waals surface area contributed by atoms with Gasteiger partial charge in [-0.25, -0.2) is 0 Å². The summed E-state index contributed by atoms with van der Waals surface area (Å²) in [4.78, 5) is 0. The second-order valence-electron chi connectivity index (χ2n) is 7.35. The van der Waals surface area contributed by atoms with Crippen LogP contribution in [0.2, 0.25) is 0 Å². The van der Waals surface area contributed by atoms with Gasteiger partial charge in [0.15, 0.2) is 0 Å². The fourth-order valence-electron chi connectivity index (χ4n) is 3.72. The van der Waals surface area contributed by atoms with Crippen molar-refractivity contribution in [2.75, 3.05) is 20.3 Å². The SMILES string of the molecule is CCOc1ccc(Cc2cc(C3CCC(O)C(COC)S3)c(O)cc2C)cc1. The molecule has 152 valence electrons. The molecule has 0 radical (unpaired) electrons. The van der Waals surface area contributed by atoms with Crippen molar-refractivity contribution in [1.82, 2.24) is 0 Å². The molecule has 2 aromatic carbocycles.